The molecule has 4 nitrogen and oxygen atoms in total. The number of aromatic nitrogens is 2. The molecule has 0 N–H and O–H groups in total. The van der Waals surface area contributed by atoms with E-state index in [0.29, 0.717) is 12.2 Å². The summed E-state index contributed by atoms with van der Waals surface area (Å²) in [6, 6.07) is 0. The van der Waals surface area contributed by atoms with Crippen molar-refractivity contribution in [1.29, 1.82) is 0 Å². The lowest BCUT2D eigenvalue weighted by Gasteiger charge is -2.03. The van der Waals surface area contributed by atoms with Gasteiger partial charge in [0, 0.05) is 5.57 Å². The molecule has 1 aromatic rings. The summed E-state index contributed by atoms with van der Waals surface area (Å²) in [7, 11) is 0. The van der Waals surface area contributed by atoms with Gasteiger partial charge in [-0.05, 0) is 32.6 Å². The highest BCUT2D eigenvalue weighted by molar-refractivity contribution is 5.86. The molecule has 1 heterocycles. The second kappa shape index (κ2) is 10.2. The van der Waals surface area contributed by atoms with Crippen molar-refractivity contribution >= 4 is 5.97 Å². The van der Waals surface area contributed by atoms with Crippen molar-refractivity contribution in [2.75, 3.05) is 6.61 Å². The molecule has 4 heteroatoms. The number of hydrogen-bond acceptors (Lipinski definition) is 2. The average Bonchev–Trinajstić information content (AvgIpc) is 2.91. The van der Waals surface area contributed by atoms with Crippen molar-refractivity contribution < 1.29 is 14.1 Å². The summed E-state index contributed by atoms with van der Waals surface area (Å²) >= 11 is 0. The molecule has 0 spiro atoms. The fraction of sp³-hybridized carbons (Fsp3) is 0.647. The van der Waals surface area contributed by atoms with Crippen LogP contribution in [0.4, 0.5) is 0 Å². The molecular weight excluding hydrogens is 264 g/mol. The van der Waals surface area contributed by atoms with E-state index in [2.05, 4.69) is 41.4 Å². The standard InChI is InChI=1S/C17H29N2O2/c1-4-5-6-7-10-18-12-13-19(15-18)11-8-9-14-21-17(20)16(2)3/h12-13,15H,2,4-11,14H2,1,3H3/q+1. The third-order valence-electron chi connectivity index (χ3n) is 3.41. The molecule has 0 aliphatic rings. The van der Waals surface area contributed by atoms with Gasteiger partial charge in [0.1, 0.15) is 12.4 Å². The van der Waals surface area contributed by atoms with Gasteiger partial charge in [0.05, 0.1) is 19.7 Å². The zero-order valence-electron chi connectivity index (χ0n) is 13.5. The van der Waals surface area contributed by atoms with Crippen molar-refractivity contribution in [3.63, 3.8) is 0 Å². The quantitative estimate of drug-likeness (QED) is 0.272. The van der Waals surface area contributed by atoms with E-state index in [1.54, 1.807) is 6.92 Å². The van der Waals surface area contributed by atoms with Crippen molar-refractivity contribution in [1.82, 2.24) is 4.57 Å². The molecule has 1 aromatic heterocycles. The fourth-order valence-electron chi connectivity index (χ4n) is 2.11. The zero-order chi connectivity index (χ0) is 15.5. The number of ether oxygens (including phenoxy) is 1. The molecule has 0 atom stereocenters. The van der Waals surface area contributed by atoms with Crippen LogP contribution in [0.5, 0.6) is 0 Å². The lowest BCUT2D eigenvalue weighted by molar-refractivity contribution is -0.696. The van der Waals surface area contributed by atoms with E-state index in [9.17, 15) is 4.79 Å². The maximum Gasteiger partial charge on any atom is 0.333 e. The van der Waals surface area contributed by atoms with Gasteiger partial charge in [-0.15, -0.1) is 0 Å². The molecule has 0 unspecified atom stereocenters. The number of imidazole rings is 1. The molecule has 0 saturated heterocycles. The van der Waals surface area contributed by atoms with Crippen LogP contribution in [0.2, 0.25) is 0 Å². The summed E-state index contributed by atoms with van der Waals surface area (Å²) in [6.07, 6.45) is 13.5. The van der Waals surface area contributed by atoms with E-state index in [1.165, 1.54) is 25.7 Å². The molecule has 0 aliphatic heterocycles. The van der Waals surface area contributed by atoms with Crippen LogP contribution in [0.3, 0.4) is 0 Å². The summed E-state index contributed by atoms with van der Waals surface area (Å²) in [5, 5.41) is 0. The van der Waals surface area contributed by atoms with Crippen molar-refractivity contribution in [3.8, 4) is 0 Å². The van der Waals surface area contributed by atoms with E-state index in [-0.39, 0.29) is 5.97 Å². The number of rotatable bonds is 11. The monoisotopic (exact) mass is 293 g/mol. The van der Waals surface area contributed by atoms with E-state index >= 15 is 0 Å². The number of esters is 1. The predicted octanol–water partition coefficient (Wildman–Crippen LogP) is 3.26. The highest BCUT2D eigenvalue weighted by Crippen LogP contribution is 2.00. The third-order valence-corrected chi connectivity index (χ3v) is 3.41. The Morgan fingerprint density at radius 2 is 2.05 bits per heavy atom. The maximum absolute atomic E-state index is 11.2. The molecular formula is C17H29N2O2+. The number of carbonyl (C=O) groups excluding carboxylic acids is 1. The molecule has 0 amide bonds. The summed E-state index contributed by atoms with van der Waals surface area (Å²) in [5.41, 5.74) is 0.463. The van der Waals surface area contributed by atoms with Crippen LogP contribution >= 0.6 is 0 Å². The molecule has 0 aromatic carbocycles. The first-order valence-corrected chi connectivity index (χ1v) is 8.01. The molecule has 1 rings (SSSR count). The Balaban J connectivity index is 2.11. The SMILES string of the molecule is C=C(C)C(=O)OCCCCn1cc[n+](CCCCCC)c1. The van der Waals surface area contributed by atoms with E-state index in [0.717, 1.165) is 25.9 Å². The van der Waals surface area contributed by atoms with Crippen molar-refractivity contribution in [2.24, 2.45) is 0 Å². The normalized spacial score (nSPS) is 10.6. The second-order valence-corrected chi connectivity index (χ2v) is 5.57. The Hall–Kier alpha value is -1.58. The number of unbranched alkanes of at least 4 members (excludes halogenated alkanes) is 4. The number of hydrogen-bond donors (Lipinski definition) is 0. The minimum absolute atomic E-state index is 0.291. The molecule has 0 fully saturated rings. The first-order chi connectivity index (χ1) is 10.1. The maximum atomic E-state index is 11.2. The minimum Gasteiger partial charge on any atom is -0.462 e. The molecule has 0 bridgehead atoms. The summed E-state index contributed by atoms with van der Waals surface area (Å²) in [6.45, 7) is 10.0. The number of nitrogens with zero attached hydrogens (tertiary/aromatic N) is 2. The van der Waals surface area contributed by atoms with Crippen LogP contribution in [-0.4, -0.2) is 17.1 Å². The third kappa shape index (κ3) is 7.69. The summed E-state index contributed by atoms with van der Waals surface area (Å²) in [4.78, 5) is 11.2. The second-order valence-electron chi connectivity index (χ2n) is 5.57. The molecule has 0 radical (unpaired) electrons. The van der Waals surface area contributed by atoms with Crippen molar-refractivity contribution in [3.05, 3.63) is 30.9 Å². The van der Waals surface area contributed by atoms with E-state index in [4.69, 9.17) is 4.74 Å². The summed E-state index contributed by atoms with van der Waals surface area (Å²) < 4.78 is 9.51. The van der Waals surface area contributed by atoms with Crippen LogP contribution in [0.25, 0.3) is 0 Å². The van der Waals surface area contributed by atoms with Gasteiger partial charge in [0.2, 0.25) is 6.33 Å². The lowest BCUT2D eigenvalue weighted by atomic mass is 10.2. The molecule has 118 valence electrons. The zero-order valence-corrected chi connectivity index (χ0v) is 13.5. The average molecular weight is 293 g/mol. The smallest absolute Gasteiger partial charge is 0.333 e. The van der Waals surface area contributed by atoms with Gasteiger partial charge in [-0.2, -0.15) is 0 Å². The Kier molecular flexibility index (Phi) is 8.48. The van der Waals surface area contributed by atoms with Gasteiger partial charge < -0.3 is 4.74 Å². The Labute approximate surface area is 128 Å². The van der Waals surface area contributed by atoms with Crippen LogP contribution < -0.4 is 4.57 Å². The van der Waals surface area contributed by atoms with Gasteiger partial charge in [0.15, 0.2) is 0 Å². The Morgan fingerprint density at radius 1 is 1.24 bits per heavy atom. The highest BCUT2D eigenvalue weighted by Gasteiger charge is 2.05. The lowest BCUT2D eigenvalue weighted by Crippen LogP contribution is -2.30. The van der Waals surface area contributed by atoms with E-state index in [1.807, 2.05) is 0 Å². The van der Waals surface area contributed by atoms with Gasteiger partial charge in [-0.25, -0.2) is 13.9 Å². The first kappa shape index (κ1) is 17.5. The first-order valence-electron chi connectivity index (χ1n) is 8.01. The van der Waals surface area contributed by atoms with Gasteiger partial charge in [0.25, 0.3) is 0 Å². The topological polar surface area (TPSA) is 35.1 Å². The van der Waals surface area contributed by atoms with Gasteiger partial charge >= 0.3 is 5.97 Å². The van der Waals surface area contributed by atoms with Crippen LogP contribution in [0, 0.1) is 0 Å². The minimum atomic E-state index is -0.291. The van der Waals surface area contributed by atoms with Crippen LogP contribution in [0.1, 0.15) is 52.4 Å². The Morgan fingerprint density at radius 3 is 2.76 bits per heavy atom. The molecule has 0 saturated carbocycles. The highest BCUT2D eigenvalue weighted by atomic mass is 16.5. The largest absolute Gasteiger partial charge is 0.462 e. The van der Waals surface area contributed by atoms with Crippen LogP contribution in [-0.2, 0) is 22.6 Å². The Bertz CT molecular complexity index is 438. The number of aryl methyl sites for hydroxylation is 2. The molecule has 0 aliphatic carbocycles. The fourth-order valence-corrected chi connectivity index (χ4v) is 2.11. The van der Waals surface area contributed by atoms with Gasteiger partial charge in [-0.1, -0.05) is 26.3 Å². The van der Waals surface area contributed by atoms with E-state index < -0.39 is 0 Å². The van der Waals surface area contributed by atoms with Crippen LogP contribution in [0.15, 0.2) is 30.9 Å². The van der Waals surface area contributed by atoms with Gasteiger partial charge in [-0.3, -0.25) is 0 Å². The number of carbonyl (C=O) groups is 1. The van der Waals surface area contributed by atoms with Crippen molar-refractivity contribution in [2.45, 2.75) is 65.5 Å². The molecule has 21 heavy (non-hydrogen) atoms. The predicted molar refractivity (Wildman–Crippen MR) is 83.8 cm³/mol. The summed E-state index contributed by atoms with van der Waals surface area (Å²) in [5.74, 6) is -0.291.